The van der Waals surface area contributed by atoms with Crippen LogP contribution < -0.4 is 10.9 Å². The van der Waals surface area contributed by atoms with Gasteiger partial charge in [0.05, 0.1) is 11.4 Å². The van der Waals surface area contributed by atoms with Crippen molar-refractivity contribution >= 4 is 17.1 Å². The molecule has 4 rings (SSSR count). The number of para-hydroxylation sites is 1. The molecule has 0 radical (unpaired) electrons. The summed E-state index contributed by atoms with van der Waals surface area (Å²) in [5.41, 5.74) is 6.46. The van der Waals surface area contributed by atoms with E-state index in [4.69, 9.17) is 0 Å². The van der Waals surface area contributed by atoms with Gasteiger partial charge < -0.3 is 5.32 Å². The first kappa shape index (κ1) is 21.5. The maximum absolute atomic E-state index is 13.0. The van der Waals surface area contributed by atoms with E-state index in [2.05, 4.69) is 33.6 Å². The van der Waals surface area contributed by atoms with Gasteiger partial charge in [0.25, 0.3) is 5.56 Å². The van der Waals surface area contributed by atoms with Crippen LogP contribution in [0.3, 0.4) is 0 Å². The van der Waals surface area contributed by atoms with Gasteiger partial charge in [-0.25, -0.2) is 9.67 Å². The Morgan fingerprint density at radius 1 is 1.06 bits per heavy atom. The topological polar surface area (TPSA) is 81.8 Å². The maximum atomic E-state index is 13.0. The van der Waals surface area contributed by atoms with E-state index in [1.165, 1.54) is 0 Å². The quantitative estimate of drug-likeness (QED) is 0.510. The molecule has 0 aliphatic carbocycles. The molecule has 0 saturated heterocycles. The van der Waals surface area contributed by atoms with Crippen molar-refractivity contribution in [3.05, 3.63) is 87.0 Å². The van der Waals surface area contributed by atoms with Crippen LogP contribution in [0.5, 0.6) is 0 Å². The van der Waals surface area contributed by atoms with Gasteiger partial charge in [-0.1, -0.05) is 42.0 Å². The second-order valence-electron chi connectivity index (χ2n) is 8.13. The van der Waals surface area contributed by atoms with Gasteiger partial charge in [0, 0.05) is 26.4 Å². The minimum Gasteiger partial charge on any atom is -0.352 e. The van der Waals surface area contributed by atoms with Gasteiger partial charge in [-0.3, -0.25) is 14.2 Å². The van der Waals surface area contributed by atoms with Crippen molar-refractivity contribution in [2.24, 2.45) is 7.05 Å². The van der Waals surface area contributed by atoms with Crippen molar-refractivity contribution in [1.29, 1.82) is 0 Å². The summed E-state index contributed by atoms with van der Waals surface area (Å²) < 4.78 is 3.30. The van der Waals surface area contributed by atoms with Crippen molar-refractivity contribution in [2.45, 2.75) is 40.2 Å². The number of carbonyl (C=O) groups is 1. The Labute approximate surface area is 186 Å². The fourth-order valence-corrected chi connectivity index (χ4v) is 3.83. The van der Waals surface area contributed by atoms with E-state index in [1.54, 1.807) is 16.3 Å². The normalized spacial score (nSPS) is 11.1. The molecule has 0 unspecified atom stereocenters. The summed E-state index contributed by atoms with van der Waals surface area (Å²) >= 11 is 0. The van der Waals surface area contributed by atoms with Crippen LogP contribution in [-0.2, 0) is 24.8 Å². The number of nitrogens with one attached hydrogen (secondary N) is 1. The van der Waals surface area contributed by atoms with E-state index in [-0.39, 0.29) is 24.3 Å². The average Bonchev–Trinajstić information content (AvgIpc) is 3.12. The van der Waals surface area contributed by atoms with Crippen LogP contribution in [0.15, 0.2) is 53.3 Å². The third-order valence-electron chi connectivity index (χ3n) is 5.69. The monoisotopic (exact) mass is 429 g/mol. The van der Waals surface area contributed by atoms with Crippen LogP contribution in [0, 0.1) is 20.8 Å². The van der Waals surface area contributed by atoms with Gasteiger partial charge in [-0.15, -0.1) is 0 Å². The van der Waals surface area contributed by atoms with Crippen LogP contribution in [-0.4, -0.2) is 25.2 Å². The number of benzene rings is 2. The molecule has 2 aromatic heterocycles. The largest absolute Gasteiger partial charge is 0.352 e. The van der Waals surface area contributed by atoms with E-state index in [0.717, 1.165) is 28.1 Å². The van der Waals surface area contributed by atoms with Crippen molar-refractivity contribution in [3.63, 3.8) is 0 Å². The van der Waals surface area contributed by atoms with Gasteiger partial charge in [0.1, 0.15) is 11.2 Å². The summed E-state index contributed by atoms with van der Waals surface area (Å²) in [5, 5.41) is 7.55. The molecular formula is C25H27N5O2. The number of hydrogen-bond donors (Lipinski definition) is 1. The van der Waals surface area contributed by atoms with Gasteiger partial charge in [0.2, 0.25) is 5.91 Å². The number of hydrogen-bond acceptors (Lipinski definition) is 4. The smallest absolute Gasteiger partial charge is 0.273 e. The lowest BCUT2D eigenvalue weighted by Crippen LogP contribution is -2.27. The Hall–Kier alpha value is -3.74. The molecule has 1 amide bonds. The van der Waals surface area contributed by atoms with E-state index >= 15 is 0 Å². The summed E-state index contributed by atoms with van der Waals surface area (Å²) in [5.74, 6) is -0.105. The van der Waals surface area contributed by atoms with E-state index in [0.29, 0.717) is 23.4 Å². The molecule has 4 aromatic rings. The number of rotatable bonds is 6. The fourth-order valence-electron chi connectivity index (χ4n) is 3.83. The number of nitrogens with zero attached hydrogens (tertiary/aromatic N) is 4. The summed E-state index contributed by atoms with van der Waals surface area (Å²) in [7, 11) is 1.72. The van der Waals surface area contributed by atoms with Crippen LogP contribution in [0.4, 0.5) is 0 Å². The average molecular weight is 430 g/mol. The Bertz CT molecular complexity index is 1350. The molecule has 0 bridgehead atoms. The highest BCUT2D eigenvalue weighted by Gasteiger charge is 2.18. The number of amides is 1. The fraction of sp³-hybridized carbons (Fsp3) is 0.280. The molecular weight excluding hydrogens is 402 g/mol. The molecule has 0 spiro atoms. The molecule has 7 nitrogen and oxygen atoms in total. The lowest BCUT2D eigenvalue weighted by molar-refractivity contribution is -0.121. The Morgan fingerprint density at radius 2 is 1.81 bits per heavy atom. The Morgan fingerprint density at radius 3 is 2.56 bits per heavy atom. The highest BCUT2D eigenvalue weighted by Crippen LogP contribution is 2.19. The summed E-state index contributed by atoms with van der Waals surface area (Å²) in [4.78, 5) is 30.0. The molecule has 0 atom stereocenters. The lowest BCUT2D eigenvalue weighted by Gasteiger charge is -2.10. The first-order valence-electron chi connectivity index (χ1n) is 10.7. The van der Waals surface area contributed by atoms with Crippen molar-refractivity contribution < 1.29 is 4.79 Å². The van der Waals surface area contributed by atoms with Crippen LogP contribution in [0.2, 0.25) is 0 Å². The van der Waals surface area contributed by atoms with Crippen LogP contribution in [0.1, 0.15) is 34.5 Å². The van der Waals surface area contributed by atoms with Crippen LogP contribution in [0.25, 0.3) is 16.9 Å². The Balaban J connectivity index is 1.53. The standard InChI is InChI=1S/C25H27N5O2/c1-16-10-11-17(2)19(14-16)15-26-22(31)13-12-21-25(32)29(4)24-23(27-21)18(3)28-30(24)20-8-6-5-7-9-20/h5-11,14H,12-13,15H2,1-4H3,(H,26,31). The molecule has 0 saturated carbocycles. The van der Waals surface area contributed by atoms with Gasteiger partial charge >= 0.3 is 0 Å². The first-order valence-corrected chi connectivity index (χ1v) is 10.7. The number of carbonyl (C=O) groups excluding carboxylic acids is 1. The van der Waals surface area contributed by atoms with Crippen LogP contribution >= 0.6 is 0 Å². The van der Waals surface area contributed by atoms with Crippen molar-refractivity contribution in [3.8, 4) is 5.69 Å². The Kier molecular flexibility index (Phi) is 5.90. The third kappa shape index (κ3) is 4.19. The lowest BCUT2D eigenvalue weighted by atomic mass is 10.1. The third-order valence-corrected chi connectivity index (χ3v) is 5.69. The number of aromatic nitrogens is 4. The molecule has 0 aliphatic heterocycles. The number of aryl methyl sites for hydroxylation is 5. The highest BCUT2D eigenvalue weighted by molar-refractivity contribution is 5.77. The highest BCUT2D eigenvalue weighted by atomic mass is 16.1. The minimum atomic E-state index is -0.211. The molecule has 2 heterocycles. The van der Waals surface area contributed by atoms with Crippen molar-refractivity contribution in [2.75, 3.05) is 0 Å². The van der Waals surface area contributed by atoms with E-state index < -0.39 is 0 Å². The van der Waals surface area contributed by atoms with Gasteiger partial charge in [-0.05, 0) is 44.0 Å². The predicted molar refractivity (Wildman–Crippen MR) is 125 cm³/mol. The minimum absolute atomic E-state index is 0.105. The molecule has 0 fully saturated rings. The van der Waals surface area contributed by atoms with E-state index in [1.807, 2.05) is 51.1 Å². The molecule has 164 valence electrons. The number of fused-ring (bicyclic) bond motifs is 1. The summed E-state index contributed by atoms with van der Waals surface area (Å²) in [6.07, 6.45) is 0.474. The second-order valence-corrected chi connectivity index (χ2v) is 8.13. The van der Waals surface area contributed by atoms with Crippen molar-refractivity contribution in [1.82, 2.24) is 24.6 Å². The SMILES string of the molecule is Cc1ccc(C)c(CNC(=O)CCc2nc3c(C)nn(-c4ccccc4)c3n(C)c2=O)c1. The second kappa shape index (κ2) is 8.78. The summed E-state index contributed by atoms with van der Waals surface area (Å²) in [6, 6.07) is 15.8. The van der Waals surface area contributed by atoms with Gasteiger partial charge in [-0.2, -0.15) is 5.10 Å². The molecule has 7 heteroatoms. The van der Waals surface area contributed by atoms with E-state index in [9.17, 15) is 9.59 Å². The predicted octanol–water partition coefficient (Wildman–Crippen LogP) is 3.29. The molecule has 2 aromatic carbocycles. The molecule has 1 N–H and O–H groups in total. The zero-order valence-electron chi connectivity index (χ0n) is 18.8. The summed E-state index contributed by atoms with van der Waals surface area (Å²) in [6.45, 7) is 6.41. The molecule has 0 aliphatic rings. The maximum Gasteiger partial charge on any atom is 0.273 e. The molecule has 32 heavy (non-hydrogen) atoms. The zero-order valence-corrected chi connectivity index (χ0v) is 18.8. The first-order chi connectivity index (χ1) is 15.3. The zero-order chi connectivity index (χ0) is 22.8. The van der Waals surface area contributed by atoms with Gasteiger partial charge in [0.15, 0.2) is 5.65 Å².